The van der Waals surface area contributed by atoms with Crippen LogP contribution in [-0.2, 0) is 4.79 Å². The molecule has 5 heteroatoms. The van der Waals surface area contributed by atoms with Crippen molar-refractivity contribution in [2.75, 3.05) is 0 Å². The first-order valence-corrected chi connectivity index (χ1v) is 5.67. The molecule has 0 atom stereocenters. The molecule has 0 bridgehead atoms. The fraction of sp³-hybridized carbons (Fsp3) is 0.0769. The summed E-state index contributed by atoms with van der Waals surface area (Å²) in [6, 6.07) is 7.31. The van der Waals surface area contributed by atoms with Crippen molar-refractivity contribution in [3.63, 3.8) is 0 Å². The summed E-state index contributed by atoms with van der Waals surface area (Å²) >= 11 is 5.92. The van der Waals surface area contributed by atoms with E-state index in [9.17, 15) is 4.79 Å². The van der Waals surface area contributed by atoms with Gasteiger partial charge in [0.05, 0.1) is 11.9 Å². The fourth-order valence-electron chi connectivity index (χ4n) is 1.62. The van der Waals surface area contributed by atoms with Gasteiger partial charge in [-0.25, -0.2) is 9.48 Å². The smallest absolute Gasteiger partial charge is 0.328 e. The molecule has 0 saturated heterocycles. The molecule has 1 heterocycles. The summed E-state index contributed by atoms with van der Waals surface area (Å²) in [5.41, 5.74) is 2.46. The topological polar surface area (TPSA) is 55.1 Å². The first-order chi connectivity index (χ1) is 8.58. The molecule has 1 aromatic heterocycles. The van der Waals surface area contributed by atoms with E-state index in [1.807, 2.05) is 19.1 Å². The van der Waals surface area contributed by atoms with Crippen LogP contribution in [0.25, 0.3) is 11.8 Å². The van der Waals surface area contributed by atoms with E-state index in [0.29, 0.717) is 5.02 Å². The number of halogens is 1. The van der Waals surface area contributed by atoms with Crippen LogP contribution < -0.4 is 0 Å². The maximum atomic E-state index is 10.5. The van der Waals surface area contributed by atoms with Crippen molar-refractivity contribution in [2.24, 2.45) is 0 Å². The van der Waals surface area contributed by atoms with Crippen LogP contribution in [0.4, 0.5) is 0 Å². The molecule has 0 spiro atoms. The second-order valence-corrected chi connectivity index (χ2v) is 4.19. The Kier molecular flexibility index (Phi) is 3.48. The largest absolute Gasteiger partial charge is 0.478 e. The van der Waals surface area contributed by atoms with Crippen molar-refractivity contribution in [1.29, 1.82) is 0 Å². The van der Waals surface area contributed by atoms with Gasteiger partial charge in [-0.3, -0.25) is 0 Å². The number of carbonyl (C=O) groups is 1. The van der Waals surface area contributed by atoms with Crippen LogP contribution in [0.2, 0.25) is 5.02 Å². The average Bonchev–Trinajstić information content (AvgIpc) is 2.68. The number of nitrogens with zero attached hydrogens (tertiary/aromatic N) is 2. The SMILES string of the molecule is Cc1c(/C=C/C(=O)O)cnn1-c1cccc(Cl)c1. The van der Waals surface area contributed by atoms with Gasteiger partial charge in [0.15, 0.2) is 0 Å². The summed E-state index contributed by atoms with van der Waals surface area (Å²) in [5.74, 6) is -0.982. The number of aliphatic carboxylic acids is 1. The lowest BCUT2D eigenvalue weighted by Gasteiger charge is -2.04. The van der Waals surface area contributed by atoms with Gasteiger partial charge in [-0.1, -0.05) is 17.7 Å². The van der Waals surface area contributed by atoms with Gasteiger partial charge >= 0.3 is 5.97 Å². The Morgan fingerprint density at radius 2 is 2.28 bits per heavy atom. The summed E-state index contributed by atoms with van der Waals surface area (Å²) in [6.07, 6.45) is 4.23. The third-order valence-electron chi connectivity index (χ3n) is 2.51. The number of carboxylic acids is 1. The fourth-order valence-corrected chi connectivity index (χ4v) is 1.80. The Labute approximate surface area is 109 Å². The van der Waals surface area contributed by atoms with Crippen LogP contribution in [0.5, 0.6) is 0 Å². The summed E-state index contributed by atoms with van der Waals surface area (Å²) in [6.45, 7) is 1.87. The Morgan fingerprint density at radius 3 is 2.94 bits per heavy atom. The highest BCUT2D eigenvalue weighted by molar-refractivity contribution is 6.30. The van der Waals surface area contributed by atoms with Gasteiger partial charge in [-0.15, -0.1) is 0 Å². The van der Waals surface area contributed by atoms with E-state index in [2.05, 4.69) is 5.10 Å². The van der Waals surface area contributed by atoms with E-state index in [0.717, 1.165) is 23.0 Å². The van der Waals surface area contributed by atoms with Crippen LogP contribution in [0.1, 0.15) is 11.3 Å². The molecule has 1 aromatic carbocycles. The minimum absolute atomic E-state index is 0.630. The lowest BCUT2D eigenvalue weighted by atomic mass is 10.2. The van der Waals surface area contributed by atoms with Crippen molar-refractivity contribution >= 4 is 23.6 Å². The number of hydrogen-bond acceptors (Lipinski definition) is 2. The first kappa shape index (κ1) is 12.4. The zero-order chi connectivity index (χ0) is 13.1. The van der Waals surface area contributed by atoms with E-state index < -0.39 is 5.97 Å². The van der Waals surface area contributed by atoms with Crippen LogP contribution >= 0.6 is 11.6 Å². The van der Waals surface area contributed by atoms with Crippen molar-refractivity contribution in [1.82, 2.24) is 9.78 Å². The van der Waals surface area contributed by atoms with Crippen molar-refractivity contribution < 1.29 is 9.90 Å². The van der Waals surface area contributed by atoms with Gasteiger partial charge < -0.3 is 5.11 Å². The van der Waals surface area contributed by atoms with E-state index in [-0.39, 0.29) is 0 Å². The molecule has 0 aliphatic carbocycles. The molecule has 0 unspecified atom stereocenters. The Bertz CT molecular complexity index is 617. The highest BCUT2D eigenvalue weighted by Gasteiger charge is 2.06. The molecule has 0 aliphatic rings. The molecule has 0 saturated carbocycles. The second kappa shape index (κ2) is 5.06. The third kappa shape index (κ3) is 2.60. The van der Waals surface area contributed by atoms with Crippen molar-refractivity contribution in [3.05, 3.63) is 52.8 Å². The third-order valence-corrected chi connectivity index (χ3v) is 2.74. The zero-order valence-corrected chi connectivity index (χ0v) is 10.4. The lowest BCUT2D eigenvalue weighted by Crippen LogP contribution is -1.98. The molecular weight excluding hydrogens is 252 g/mol. The minimum Gasteiger partial charge on any atom is -0.478 e. The van der Waals surface area contributed by atoms with Gasteiger partial charge in [0.2, 0.25) is 0 Å². The van der Waals surface area contributed by atoms with E-state index >= 15 is 0 Å². The van der Waals surface area contributed by atoms with Gasteiger partial charge in [0.1, 0.15) is 0 Å². The zero-order valence-electron chi connectivity index (χ0n) is 9.67. The Balaban J connectivity index is 2.39. The molecule has 2 rings (SSSR count). The van der Waals surface area contributed by atoms with Gasteiger partial charge in [-0.05, 0) is 31.2 Å². The molecule has 0 aliphatic heterocycles. The molecule has 1 N–H and O–H groups in total. The molecule has 0 amide bonds. The number of aromatic nitrogens is 2. The highest BCUT2D eigenvalue weighted by atomic mass is 35.5. The van der Waals surface area contributed by atoms with Crippen molar-refractivity contribution in [3.8, 4) is 5.69 Å². The predicted molar refractivity (Wildman–Crippen MR) is 70.0 cm³/mol. The van der Waals surface area contributed by atoms with E-state index in [4.69, 9.17) is 16.7 Å². The molecule has 2 aromatic rings. The molecular formula is C13H11ClN2O2. The molecule has 18 heavy (non-hydrogen) atoms. The standard InChI is InChI=1S/C13H11ClN2O2/c1-9-10(5-6-13(17)18)8-15-16(9)12-4-2-3-11(14)7-12/h2-8H,1H3,(H,17,18)/b6-5+. The normalized spacial score (nSPS) is 11.0. The summed E-state index contributed by atoms with van der Waals surface area (Å²) in [5, 5.41) is 13.4. The predicted octanol–water partition coefficient (Wildman–Crippen LogP) is 2.93. The van der Waals surface area contributed by atoms with E-state index in [1.165, 1.54) is 6.08 Å². The molecule has 0 radical (unpaired) electrons. The Morgan fingerprint density at radius 1 is 1.50 bits per heavy atom. The maximum Gasteiger partial charge on any atom is 0.328 e. The number of carboxylic acid groups (broad SMARTS) is 1. The van der Waals surface area contributed by atoms with Crippen molar-refractivity contribution in [2.45, 2.75) is 6.92 Å². The highest BCUT2D eigenvalue weighted by Crippen LogP contribution is 2.18. The quantitative estimate of drug-likeness (QED) is 0.866. The van der Waals surface area contributed by atoms with Gasteiger partial charge in [0.25, 0.3) is 0 Å². The minimum atomic E-state index is -0.982. The number of hydrogen-bond donors (Lipinski definition) is 1. The summed E-state index contributed by atoms with van der Waals surface area (Å²) < 4.78 is 1.72. The van der Waals surface area contributed by atoms with Crippen LogP contribution in [-0.4, -0.2) is 20.9 Å². The Hall–Kier alpha value is -2.07. The summed E-state index contributed by atoms with van der Waals surface area (Å²) in [4.78, 5) is 10.5. The molecule has 4 nitrogen and oxygen atoms in total. The second-order valence-electron chi connectivity index (χ2n) is 3.75. The monoisotopic (exact) mass is 262 g/mol. The van der Waals surface area contributed by atoms with Crippen LogP contribution in [0.3, 0.4) is 0 Å². The summed E-state index contributed by atoms with van der Waals surface area (Å²) in [7, 11) is 0. The number of benzene rings is 1. The van der Waals surface area contributed by atoms with E-state index in [1.54, 1.807) is 23.0 Å². The molecule has 0 fully saturated rings. The number of rotatable bonds is 3. The van der Waals surface area contributed by atoms with Gasteiger partial charge in [-0.2, -0.15) is 5.10 Å². The molecule has 92 valence electrons. The first-order valence-electron chi connectivity index (χ1n) is 5.29. The average molecular weight is 263 g/mol. The van der Waals surface area contributed by atoms with Crippen LogP contribution in [0.15, 0.2) is 36.5 Å². The van der Waals surface area contributed by atoms with Gasteiger partial charge in [0, 0.05) is 22.4 Å². The maximum absolute atomic E-state index is 10.5. The lowest BCUT2D eigenvalue weighted by molar-refractivity contribution is -0.131. The van der Waals surface area contributed by atoms with Crippen LogP contribution in [0, 0.1) is 6.92 Å².